The lowest BCUT2D eigenvalue weighted by atomic mass is 10.0. The zero-order valence-electron chi connectivity index (χ0n) is 12.3. The van der Waals surface area contributed by atoms with Crippen LogP contribution >= 0.6 is 0 Å². The molecule has 2 unspecified atom stereocenters. The molecule has 0 bridgehead atoms. The van der Waals surface area contributed by atoms with E-state index in [1.807, 2.05) is 0 Å². The Morgan fingerprint density at radius 2 is 2.26 bits per heavy atom. The molecule has 2 heteroatoms. The third-order valence-corrected chi connectivity index (χ3v) is 3.70. The van der Waals surface area contributed by atoms with Crippen molar-refractivity contribution in [2.75, 3.05) is 6.54 Å². The topological polar surface area (TPSA) is 21.3 Å². The second-order valence-electron chi connectivity index (χ2n) is 5.32. The fourth-order valence-corrected chi connectivity index (χ4v) is 2.54. The van der Waals surface area contributed by atoms with E-state index in [9.17, 15) is 0 Å². The fourth-order valence-electron chi connectivity index (χ4n) is 2.54. The van der Waals surface area contributed by atoms with Gasteiger partial charge in [0.2, 0.25) is 0 Å². The minimum absolute atomic E-state index is 0.254. The Hall–Kier alpha value is -1.28. The summed E-state index contributed by atoms with van der Waals surface area (Å²) in [6, 6.07) is 6.91. The molecule has 0 saturated carbocycles. The molecule has 2 nitrogen and oxygen atoms in total. The van der Waals surface area contributed by atoms with E-state index in [4.69, 9.17) is 4.74 Å². The number of ether oxygens (including phenoxy) is 1. The van der Waals surface area contributed by atoms with Crippen LogP contribution in [0.1, 0.15) is 50.3 Å². The van der Waals surface area contributed by atoms with E-state index < -0.39 is 0 Å². The van der Waals surface area contributed by atoms with Crippen molar-refractivity contribution in [3.05, 3.63) is 41.5 Å². The SMILES string of the molecule is CCNC(C)c1ccc(OC2C=CCCC2)c(C)c1. The maximum absolute atomic E-state index is 6.07. The smallest absolute Gasteiger partial charge is 0.123 e. The lowest BCUT2D eigenvalue weighted by Crippen LogP contribution is -2.18. The summed E-state index contributed by atoms with van der Waals surface area (Å²) in [6.45, 7) is 7.45. The largest absolute Gasteiger partial charge is 0.486 e. The van der Waals surface area contributed by atoms with Crippen LogP contribution in [-0.2, 0) is 0 Å². The van der Waals surface area contributed by atoms with Gasteiger partial charge in [0.05, 0.1) is 0 Å². The van der Waals surface area contributed by atoms with Gasteiger partial charge in [0, 0.05) is 6.04 Å². The van der Waals surface area contributed by atoms with Gasteiger partial charge in [-0.05, 0) is 62.9 Å². The second-order valence-corrected chi connectivity index (χ2v) is 5.32. The number of allylic oxidation sites excluding steroid dienone is 1. The van der Waals surface area contributed by atoms with Crippen molar-refractivity contribution in [3.63, 3.8) is 0 Å². The van der Waals surface area contributed by atoms with Gasteiger partial charge >= 0.3 is 0 Å². The quantitative estimate of drug-likeness (QED) is 0.802. The Balaban J connectivity index is 2.06. The van der Waals surface area contributed by atoms with Gasteiger partial charge in [-0.3, -0.25) is 0 Å². The third-order valence-electron chi connectivity index (χ3n) is 3.70. The predicted octanol–water partition coefficient (Wildman–Crippen LogP) is 4.15. The predicted molar refractivity (Wildman–Crippen MR) is 80.7 cm³/mol. The molecule has 0 heterocycles. The summed E-state index contributed by atoms with van der Waals surface area (Å²) in [7, 11) is 0. The number of hydrogen-bond acceptors (Lipinski definition) is 2. The van der Waals surface area contributed by atoms with Crippen molar-refractivity contribution in [2.24, 2.45) is 0 Å². The van der Waals surface area contributed by atoms with E-state index in [2.05, 4.69) is 56.4 Å². The van der Waals surface area contributed by atoms with E-state index in [0.717, 1.165) is 18.7 Å². The normalized spacial score (nSPS) is 20.3. The minimum atomic E-state index is 0.254. The van der Waals surface area contributed by atoms with Gasteiger partial charge in [-0.25, -0.2) is 0 Å². The van der Waals surface area contributed by atoms with Crippen LogP contribution in [0.3, 0.4) is 0 Å². The van der Waals surface area contributed by atoms with E-state index in [-0.39, 0.29) is 6.10 Å². The zero-order valence-corrected chi connectivity index (χ0v) is 12.3. The highest BCUT2D eigenvalue weighted by Gasteiger charge is 2.12. The van der Waals surface area contributed by atoms with Crippen molar-refractivity contribution >= 4 is 0 Å². The van der Waals surface area contributed by atoms with Gasteiger partial charge in [0.1, 0.15) is 11.9 Å². The highest BCUT2D eigenvalue weighted by atomic mass is 16.5. The standard InChI is InChI=1S/C17H25NO/c1-4-18-14(3)15-10-11-17(13(2)12-15)19-16-8-6-5-7-9-16/h6,8,10-12,14,16,18H,4-5,7,9H2,1-3H3. The zero-order chi connectivity index (χ0) is 13.7. The molecule has 19 heavy (non-hydrogen) atoms. The van der Waals surface area contributed by atoms with Crippen LogP contribution in [0.5, 0.6) is 5.75 Å². The molecule has 0 radical (unpaired) electrons. The van der Waals surface area contributed by atoms with Crippen LogP contribution in [0.25, 0.3) is 0 Å². The first-order valence-corrected chi connectivity index (χ1v) is 7.38. The lowest BCUT2D eigenvalue weighted by Gasteiger charge is -2.21. The average Bonchev–Trinajstić information content (AvgIpc) is 2.42. The third kappa shape index (κ3) is 3.84. The Bertz CT molecular complexity index is 439. The Morgan fingerprint density at radius 3 is 2.89 bits per heavy atom. The van der Waals surface area contributed by atoms with Crippen LogP contribution in [-0.4, -0.2) is 12.6 Å². The number of rotatable bonds is 5. The van der Waals surface area contributed by atoms with E-state index in [0.29, 0.717) is 6.04 Å². The summed E-state index contributed by atoms with van der Waals surface area (Å²) in [4.78, 5) is 0. The molecule has 1 aromatic carbocycles. The van der Waals surface area contributed by atoms with Gasteiger partial charge in [0.15, 0.2) is 0 Å². The molecular weight excluding hydrogens is 234 g/mol. The monoisotopic (exact) mass is 259 g/mol. The van der Waals surface area contributed by atoms with Gasteiger partial charge in [-0.1, -0.05) is 25.1 Å². The lowest BCUT2D eigenvalue weighted by molar-refractivity contribution is 0.228. The van der Waals surface area contributed by atoms with E-state index in [1.165, 1.54) is 24.0 Å². The average molecular weight is 259 g/mol. The van der Waals surface area contributed by atoms with Crippen LogP contribution in [0.15, 0.2) is 30.4 Å². The second kappa shape index (κ2) is 6.76. The molecular formula is C17H25NO. The maximum atomic E-state index is 6.07. The van der Waals surface area contributed by atoms with Gasteiger partial charge in [-0.2, -0.15) is 0 Å². The molecule has 0 aliphatic heterocycles. The summed E-state index contributed by atoms with van der Waals surface area (Å²) < 4.78 is 6.07. The highest BCUT2D eigenvalue weighted by Crippen LogP contribution is 2.25. The van der Waals surface area contributed by atoms with Crippen LogP contribution in [0.4, 0.5) is 0 Å². The molecule has 0 amide bonds. The summed E-state index contributed by atoms with van der Waals surface area (Å²) in [5, 5.41) is 3.44. The molecule has 1 aliphatic carbocycles. The number of hydrogen-bond donors (Lipinski definition) is 1. The van der Waals surface area contributed by atoms with Crippen molar-refractivity contribution in [2.45, 2.75) is 52.2 Å². The van der Waals surface area contributed by atoms with Crippen molar-refractivity contribution in [1.29, 1.82) is 0 Å². The van der Waals surface area contributed by atoms with Crippen molar-refractivity contribution < 1.29 is 4.74 Å². The Kier molecular flexibility index (Phi) is 5.03. The molecule has 1 aromatic rings. The molecule has 0 aromatic heterocycles. The van der Waals surface area contributed by atoms with E-state index in [1.54, 1.807) is 0 Å². The summed E-state index contributed by atoms with van der Waals surface area (Å²) in [5.41, 5.74) is 2.55. The first-order chi connectivity index (χ1) is 9.20. The number of nitrogens with one attached hydrogen (secondary N) is 1. The summed E-state index contributed by atoms with van der Waals surface area (Å²) in [6.07, 6.45) is 8.23. The molecule has 1 N–H and O–H groups in total. The maximum Gasteiger partial charge on any atom is 0.123 e. The highest BCUT2D eigenvalue weighted by molar-refractivity contribution is 5.37. The fraction of sp³-hybridized carbons (Fsp3) is 0.529. The Morgan fingerprint density at radius 1 is 1.42 bits per heavy atom. The first kappa shape index (κ1) is 14.1. The summed E-state index contributed by atoms with van der Waals surface area (Å²) >= 11 is 0. The minimum Gasteiger partial charge on any atom is -0.486 e. The van der Waals surface area contributed by atoms with Gasteiger partial charge < -0.3 is 10.1 Å². The first-order valence-electron chi connectivity index (χ1n) is 7.38. The summed E-state index contributed by atoms with van der Waals surface area (Å²) in [5.74, 6) is 1.02. The van der Waals surface area contributed by atoms with Gasteiger partial charge in [-0.15, -0.1) is 0 Å². The van der Waals surface area contributed by atoms with E-state index >= 15 is 0 Å². The molecule has 0 fully saturated rings. The molecule has 0 saturated heterocycles. The molecule has 104 valence electrons. The van der Waals surface area contributed by atoms with Crippen LogP contribution in [0.2, 0.25) is 0 Å². The van der Waals surface area contributed by atoms with Crippen LogP contribution < -0.4 is 10.1 Å². The molecule has 0 spiro atoms. The number of aryl methyl sites for hydroxylation is 1. The van der Waals surface area contributed by atoms with Gasteiger partial charge in [0.25, 0.3) is 0 Å². The van der Waals surface area contributed by atoms with Crippen LogP contribution in [0, 0.1) is 6.92 Å². The molecule has 2 rings (SSSR count). The van der Waals surface area contributed by atoms with Crippen molar-refractivity contribution in [3.8, 4) is 5.75 Å². The number of benzene rings is 1. The molecule has 2 atom stereocenters. The Labute approximate surface area is 116 Å². The van der Waals surface area contributed by atoms with Crippen molar-refractivity contribution in [1.82, 2.24) is 5.32 Å². The molecule has 1 aliphatic rings.